The first-order chi connectivity index (χ1) is 13.3. The molecule has 0 bridgehead atoms. The predicted molar refractivity (Wildman–Crippen MR) is 98.4 cm³/mol. The summed E-state index contributed by atoms with van der Waals surface area (Å²) in [7, 11) is -1.19. The molecule has 3 aromatic rings. The van der Waals surface area contributed by atoms with E-state index >= 15 is 0 Å². The normalized spacial score (nSPS) is 11.6. The van der Waals surface area contributed by atoms with E-state index in [1.165, 1.54) is 38.5 Å². The van der Waals surface area contributed by atoms with E-state index < -0.39 is 22.1 Å². The molecule has 0 unspecified atom stereocenters. The summed E-state index contributed by atoms with van der Waals surface area (Å²) in [6, 6.07) is 11.8. The number of hydrogen-bond donors (Lipinski definition) is 1. The lowest BCUT2D eigenvalue weighted by Crippen LogP contribution is -2.16. The van der Waals surface area contributed by atoms with Gasteiger partial charge >= 0.3 is 0 Å². The molecular formula is C18H17F2N3O4S. The van der Waals surface area contributed by atoms with Gasteiger partial charge in [0.05, 0.1) is 25.6 Å². The fourth-order valence-corrected chi connectivity index (χ4v) is 3.48. The van der Waals surface area contributed by atoms with Crippen LogP contribution < -0.4 is 14.6 Å². The molecule has 0 amide bonds. The summed E-state index contributed by atoms with van der Waals surface area (Å²) < 4.78 is 62.1. The van der Waals surface area contributed by atoms with E-state index in [9.17, 15) is 17.2 Å². The van der Waals surface area contributed by atoms with Gasteiger partial charge in [0, 0.05) is 5.56 Å². The van der Waals surface area contributed by atoms with Gasteiger partial charge in [0.15, 0.2) is 11.5 Å². The van der Waals surface area contributed by atoms with Crippen molar-refractivity contribution in [1.29, 1.82) is 0 Å². The maximum absolute atomic E-state index is 13.3. The highest BCUT2D eigenvalue weighted by Gasteiger charge is 2.22. The molecule has 0 aliphatic rings. The molecule has 7 nitrogen and oxygen atoms in total. The zero-order valence-electron chi connectivity index (χ0n) is 15.0. The Balaban J connectivity index is 2.28. The second-order valence-electron chi connectivity index (χ2n) is 5.75. The first kappa shape index (κ1) is 19.8. The molecule has 1 aromatic heterocycles. The molecule has 0 aliphatic heterocycles. The Bertz CT molecular complexity index is 1110. The van der Waals surface area contributed by atoms with E-state index in [1.807, 2.05) is 0 Å². The summed E-state index contributed by atoms with van der Waals surface area (Å²) in [5.41, 5.74) is 0.268. The lowest BCUT2D eigenvalue weighted by molar-refractivity contribution is 0.145. The summed E-state index contributed by atoms with van der Waals surface area (Å²) in [5.74, 6) is 0.836. The quantitative estimate of drug-likeness (QED) is 0.675. The molecular weight excluding hydrogens is 392 g/mol. The summed E-state index contributed by atoms with van der Waals surface area (Å²) >= 11 is 0. The van der Waals surface area contributed by atoms with Gasteiger partial charge in [-0.2, -0.15) is 5.10 Å². The van der Waals surface area contributed by atoms with Crippen molar-refractivity contribution in [2.24, 2.45) is 5.14 Å². The van der Waals surface area contributed by atoms with Gasteiger partial charge in [-0.05, 0) is 36.4 Å². The molecule has 2 N–H and O–H groups in total. The number of alkyl halides is 2. The van der Waals surface area contributed by atoms with Crippen LogP contribution in [0.3, 0.4) is 0 Å². The van der Waals surface area contributed by atoms with Crippen molar-refractivity contribution in [2.75, 3.05) is 14.2 Å². The maximum Gasteiger partial charge on any atom is 0.282 e. The van der Waals surface area contributed by atoms with Crippen molar-refractivity contribution in [3.63, 3.8) is 0 Å². The molecule has 0 aliphatic carbocycles. The molecule has 2 aromatic carbocycles. The third kappa shape index (κ3) is 3.69. The first-order valence-electron chi connectivity index (χ1n) is 7.99. The van der Waals surface area contributed by atoms with Crippen LogP contribution in [0, 0.1) is 0 Å². The third-order valence-electron chi connectivity index (χ3n) is 4.03. The summed E-state index contributed by atoms with van der Waals surface area (Å²) in [6.07, 6.45) is -2.85. The lowest BCUT2D eigenvalue weighted by Gasteiger charge is -2.13. The number of methoxy groups -OCH3 is 2. The van der Waals surface area contributed by atoms with Crippen LogP contribution in [0.5, 0.6) is 11.5 Å². The topological polar surface area (TPSA) is 96.4 Å². The predicted octanol–water partition coefficient (Wildman–Crippen LogP) is 3.14. The minimum atomic E-state index is -4.11. The van der Waals surface area contributed by atoms with Crippen LogP contribution in [0.2, 0.25) is 0 Å². The summed E-state index contributed by atoms with van der Waals surface area (Å²) in [4.78, 5) is -0.236. The van der Waals surface area contributed by atoms with Crippen molar-refractivity contribution in [3.05, 3.63) is 54.2 Å². The van der Waals surface area contributed by atoms with Gasteiger partial charge in [0.2, 0.25) is 10.0 Å². The molecule has 0 atom stereocenters. The van der Waals surface area contributed by atoms with E-state index in [0.717, 1.165) is 4.68 Å². The highest BCUT2D eigenvalue weighted by atomic mass is 32.2. The number of aromatic nitrogens is 2. The van der Waals surface area contributed by atoms with Crippen molar-refractivity contribution in [2.45, 2.75) is 11.3 Å². The van der Waals surface area contributed by atoms with Crippen LogP contribution in [0.4, 0.5) is 8.78 Å². The SMILES string of the molecule is COc1ccc(-c2cc(C(F)F)nn2-c2ccccc2S(N)(=O)=O)cc1OC. The Labute approximate surface area is 160 Å². The average molecular weight is 409 g/mol. The Kier molecular flexibility index (Phi) is 5.34. The Morgan fingerprint density at radius 3 is 2.32 bits per heavy atom. The van der Waals surface area contributed by atoms with Crippen LogP contribution in [-0.4, -0.2) is 32.4 Å². The summed E-state index contributed by atoms with van der Waals surface area (Å²) in [6.45, 7) is 0. The third-order valence-corrected chi connectivity index (χ3v) is 4.99. The highest BCUT2D eigenvalue weighted by Crippen LogP contribution is 2.35. The van der Waals surface area contributed by atoms with Crippen LogP contribution in [0.25, 0.3) is 16.9 Å². The standard InChI is InChI=1S/C18H17F2N3O4S/c1-26-15-8-7-11(9-16(15)27-2)14-10-12(18(19)20)22-23(14)13-5-3-4-6-17(13)28(21,24)25/h3-10,18H,1-2H3,(H2,21,24,25). The molecule has 28 heavy (non-hydrogen) atoms. The van der Waals surface area contributed by atoms with Gasteiger partial charge in [0.25, 0.3) is 6.43 Å². The largest absolute Gasteiger partial charge is 0.493 e. The number of benzene rings is 2. The number of ether oxygens (including phenoxy) is 2. The fraction of sp³-hybridized carbons (Fsp3) is 0.167. The summed E-state index contributed by atoms with van der Waals surface area (Å²) in [5, 5.41) is 9.18. The van der Waals surface area contributed by atoms with Crippen LogP contribution in [0.1, 0.15) is 12.1 Å². The minimum absolute atomic E-state index is 0.0571. The van der Waals surface area contributed by atoms with Crippen LogP contribution in [-0.2, 0) is 10.0 Å². The average Bonchev–Trinajstić information content (AvgIpc) is 3.12. The molecule has 148 valence electrons. The number of halogens is 2. The van der Waals surface area contributed by atoms with Gasteiger partial charge in [0.1, 0.15) is 10.6 Å². The number of para-hydroxylation sites is 1. The molecule has 0 saturated heterocycles. The molecule has 1 heterocycles. The number of nitrogens with two attached hydrogens (primary N) is 1. The Morgan fingerprint density at radius 1 is 1.04 bits per heavy atom. The number of primary sulfonamides is 1. The number of sulfonamides is 1. The van der Waals surface area contributed by atoms with Crippen LogP contribution in [0.15, 0.2) is 53.4 Å². The minimum Gasteiger partial charge on any atom is -0.493 e. The lowest BCUT2D eigenvalue weighted by atomic mass is 10.1. The molecule has 0 fully saturated rings. The molecule has 3 rings (SSSR count). The van der Waals surface area contributed by atoms with Crippen molar-refractivity contribution in [1.82, 2.24) is 9.78 Å². The maximum atomic E-state index is 13.3. The Hall–Kier alpha value is -2.98. The monoisotopic (exact) mass is 409 g/mol. The van der Waals surface area contributed by atoms with Gasteiger partial charge in [-0.25, -0.2) is 27.0 Å². The van der Waals surface area contributed by atoms with E-state index in [0.29, 0.717) is 17.1 Å². The van der Waals surface area contributed by atoms with E-state index in [-0.39, 0.29) is 16.3 Å². The number of nitrogens with zero attached hydrogens (tertiary/aromatic N) is 2. The zero-order valence-corrected chi connectivity index (χ0v) is 15.8. The molecule has 0 radical (unpaired) electrons. The zero-order chi connectivity index (χ0) is 20.5. The molecule has 0 spiro atoms. The van der Waals surface area contributed by atoms with E-state index in [1.54, 1.807) is 24.3 Å². The van der Waals surface area contributed by atoms with Crippen molar-refractivity contribution in [3.8, 4) is 28.4 Å². The molecule has 10 heteroatoms. The van der Waals surface area contributed by atoms with Crippen molar-refractivity contribution >= 4 is 10.0 Å². The van der Waals surface area contributed by atoms with Gasteiger partial charge in [-0.1, -0.05) is 12.1 Å². The van der Waals surface area contributed by atoms with E-state index in [4.69, 9.17) is 14.6 Å². The van der Waals surface area contributed by atoms with Crippen molar-refractivity contribution < 1.29 is 26.7 Å². The molecule has 0 saturated carbocycles. The number of hydrogen-bond acceptors (Lipinski definition) is 5. The second kappa shape index (κ2) is 7.56. The smallest absolute Gasteiger partial charge is 0.282 e. The highest BCUT2D eigenvalue weighted by molar-refractivity contribution is 7.89. The second-order valence-corrected chi connectivity index (χ2v) is 7.28. The fourth-order valence-electron chi connectivity index (χ4n) is 2.76. The van der Waals surface area contributed by atoms with E-state index in [2.05, 4.69) is 5.10 Å². The number of rotatable bonds is 6. The van der Waals surface area contributed by atoms with Gasteiger partial charge in [-0.15, -0.1) is 0 Å². The van der Waals surface area contributed by atoms with Gasteiger partial charge < -0.3 is 9.47 Å². The Morgan fingerprint density at radius 2 is 1.71 bits per heavy atom. The van der Waals surface area contributed by atoms with Crippen LogP contribution >= 0.6 is 0 Å². The van der Waals surface area contributed by atoms with Gasteiger partial charge in [-0.3, -0.25) is 0 Å². The first-order valence-corrected chi connectivity index (χ1v) is 9.53.